The lowest BCUT2D eigenvalue weighted by atomic mass is 10.0. The molecule has 0 spiro atoms. The minimum atomic E-state index is -0.712. The van der Waals surface area contributed by atoms with Crippen LogP contribution in [-0.2, 0) is 9.59 Å². The van der Waals surface area contributed by atoms with Gasteiger partial charge in [0.2, 0.25) is 11.8 Å². The molecule has 1 saturated heterocycles. The first-order valence-electron chi connectivity index (χ1n) is 8.44. The molecule has 2 aromatic heterocycles. The van der Waals surface area contributed by atoms with E-state index in [0.29, 0.717) is 5.69 Å². The number of nitrogens with zero attached hydrogens (tertiary/aromatic N) is 5. The first-order valence-corrected chi connectivity index (χ1v) is 9.32. The minimum Gasteiger partial charge on any atom is -0.391 e. The summed E-state index contributed by atoms with van der Waals surface area (Å²) >= 11 is 1.44. The van der Waals surface area contributed by atoms with Crippen molar-refractivity contribution in [3.8, 4) is 10.7 Å². The van der Waals surface area contributed by atoms with Gasteiger partial charge in [0, 0.05) is 31.6 Å². The Labute approximate surface area is 155 Å². The number of likely N-dealkylation sites (tertiary alicyclic amines) is 1. The molecule has 26 heavy (non-hydrogen) atoms. The van der Waals surface area contributed by atoms with Crippen LogP contribution in [0.4, 0.5) is 0 Å². The number of rotatable bonds is 5. The predicted molar refractivity (Wildman–Crippen MR) is 95.2 cm³/mol. The van der Waals surface area contributed by atoms with Crippen molar-refractivity contribution >= 4 is 23.2 Å². The second kappa shape index (κ2) is 7.50. The molecule has 1 aliphatic heterocycles. The van der Waals surface area contributed by atoms with E-state index in [1.54, 1.807) is 12.4 Å². The van der Waals surface area contributed by atoms with Gasteiger partial charge < -0.3 is 15.3 Å². The molecule has 10 heteroatoms. The van der Waals surface area contributed by atoms with Crippen LogP contribution in [0.3, 0.4) is 0 Å². The Hall–Kier alpha value is -2.33. The van der Waals surface area contributed by atoms with Crippen molar-refractivity contribution < 1.29 is 14.7 Å². The van der Waals surface area contributed by atoms with Gasteiger partial charge in [-0.25, -0.2) is 9.67 Å². The highest BCUT2D eigenvalue weighted by atomic mass is 32.1. The SMILES string of the molecule is CNC(=O)C1CC(O)CN1C(=O)[C@@H](C(C)C)n1cc(-c2nccs2)nn1. The first-order chi connectivity index (χ1) is 12.4. The van der Waals surface area contributed by atoms with Crippen LogP contribution in [0.25, 0.3) is 10.7 Å². The molecule has 9 nitrogen and oxygen atoms in total. The van der Waals surface area contributed by atoms with Crippen LogP contribution < -0.4 is 5.32 Å². The summed E-state index contributed by atoms with van der Waals surface area (Å²) < 4.78 is 1.52. The minimum absolute atomic E-state index is 0.0728. The summed E-state index contributed by atoms with van der Waals surface area (Å²) in [6.07, 6.45) is 2.90. The van der Waals surface area contributed by atoms with Crippen LogP contribution in [-0.4, -0.2) is 67.5 Å². The van der Waals surface area contributed by atoms with E-state index in [1.807, 2.05) is 19.2 Å². The molecule has 1 fully saturated rings. The number of aliphatic hydroxyl groups excluding tert-OH is 1. The Balaban J connectivity index is 1.88. The van der Waals surface area contributed by atoms with E-state index in [1.165, 1.54) is 28.0 Å². The van der Waals surface area contributed by atoms with Crippen LogP contribution in [0.2, 0.25) is 0 Å². The fraction of sp³-hybridized carbons (Fsp3) is 0.562. The molecular weight excluding hydrogens is 356 g/mol. The zero-order valence-electron chi connectivity index (χ0n) is 14.9. The third-order valence-corrected chi connectivity index (χ3v) is 5.24. The number of hydrogen-bond acceptors (Lipinski definition) is 7. The zero-order chi connectivity index (χ0) is 18.8. The summed E-state index contributed by atoms with van der Waals surface area (Å²) in [4.78, 5) is 30.9. The van der Waals surface area contributed by atoms with Crippen molar-refractivity contribution in [2.45, 2.75) is 38.5 Å². The number of likely N-dealkylation sites (N-methyl/N-ethyl adjacent to an activating group) is 1. The summed E-state index contributed by atoms with van der Waals surface area (Å²) in [5.74, 6) is -0.600. The van der Waals surface area contributed by atoms with Gasteiger partial charge in [-0.15, -0.1) is 16.4 Å². The van der Waals surface area contributed by atoms with E-state index in [2.05, 4.69) is 20.6 Å². The van der Waals surface area contributed by atoms with Crippen LogP contribution >= 0.6 is 11.3 Å². The highest BCUT2D eigenvalue weighted by Crippen LogP contribution is 2.28. The van der Waals surface area contributed by atoms with Gasteiger partial charge in [0.25, 0.3) is 0 Å². The van der Waals surface area contributed by atoms with Gasteiger partial charge in [0.05, 0.1) is 12.3 Å². The molecule has 3 atom stereocenters. The normalized spacial score (nSPS) is 21.2. The third-order valence-electron chi connectivity index (χ3n) is 4.44. The Morgan fingerprint density at radius 3 is 2.81 bits per heavy atom. The van der Waals surface area contributed by atoms with E-state index in [0.717, 1.165) is 5.01 Å². The fourth-order valence-corrected chi connectivity index (χ4v) is 3.79. The molecular formula is C16H22N6O3S. The van der Waals surface area contributed by atoms with Crippen LogP contribution in [0, 0.1) is 5.92 Å². The molecule has 2 N–H and O–H groups in total. The van der Waals surface area contributed by atoms with Gasteiger partial charge in [-0.1, -0.05) is 19.1 Å². The predicted octanol–water partition coefficient (Wildman–Crippen LogP) is 0.306. The molecule has 0 bridgehead atoms. The van der Waals surface area contributed by atoms with E-state index in [9.17, 15) is 14.7 Å². The van der Waals surface area contributed by atoms with Crippen molar-refractivity contribution in [1.82, 2.24) is 30.2 Å². The van der Waals surface area contributed by atoms with Crippen molar-refractivity contribution in [3.05, 3.63) is 17.8 Å². The maximum absolute atomic E-state index is 13.2. The molecule has 1 aliphatic rings. The van der Waals surface area contributed by atoms with Crippen LogP contribution in [0.15, 0.2) is 17.8 Å². The molecule has 0 radical (unpaired) electrons. The maximum atomic E-state index is 13.2. The number of hydrogen-bond donors (Lipinski definition) is 2. The highest BCUT2D eigenvalue weighted by molar-refractivity contribution is 7.13. The van der Waals surface area contributed by atoms with Gasteiger partial charge in [-0.05, 0) is 5.92 Å². The maximum Gasteiger partial charge on any atom is 0.248 e. The molecule has 3 rings (SSSR count). The van der Waals surface area contributed by atoms with Gasteiger partial charge >= 0.3 is 0 Å². The van der Waals surface area contributed by atoms with Gasteiger partial charge in [0.15, 0.2) is 0 Å². The van der Waals surface area contributed by atoms with Crippen LogP contribution in [0.5, 0.6) is 0 Å². The summed E-state index contributed by atoms with van der Waals surface area (Å²) in [6.45, 7) is 3.96. The van der Waals surface area contributed by atoms with Crippen molar-refractivity contribution in [1.29, 1.82) is 0 Å². The van der Waals surface area contributed by atoms with Gasteiger partial charge in [-0.3, -0.25) is 9.59 Å². The lowest BCUT2D eigenvalue weighted by Crippen LogP contribution is -2.48. The number of aromatic nitrogens is 4. The lowest BCUT2D eigenvalue weighted by Gasteiger charge is -2.29. The quantitative estimate of drug-likeness (QED) is 0.774. The van der Waals surface area contributed by atoms with E-state index < -0.39 is 18.2 Å². The largest absolute Gasteiger partial charge is 0.391 e. The molecule has 0 aliphatic carbocycles. The van der Waals surface area contributed by atoms with E-state index >= 15 is 0 Å². The third kappa shape index (κ3) is 3.47. The molecule has 2 aromatic rings. The number of aliphatic hydroxyl groups is 1. The van der Waals surface area contributed by atoms with Crippen molar-refractivity contribution in [3.63, 3.8) is 0 Å². The number of amides is 2. The molecule has 2 amide bonds. The summed E-state index contributed by atoms with van der Waals surface area (Å²) in [5, 5.41) is 23.3. The Bertz CT molecular complexity index is 775. The highest BCUT2D eigenvalue weighted by Gasteiger charge is 2.42. The molecule has 140 valence electrons. The Morgan fingerprint density at radius 1 is 1.42 bits per heavy atom. The average molecular weight is 378 g/mol. The fourth-order valence-electron chi connectivity index (χ4n) is 3.21. The second-order valence-corrected chi connectivity index (χ2v) is 7.51. The van der Waals surface area contributed by atoms with Gasteiger partial charge in [0.1, 0.15) is 22.8 Å². The smallest absolute Gasteiger partial charge is 0.248 e. The van der Waals surface area contributed by atoms with Crippen molar-refractivity contribution in [2.24, 2.45) is 5.92 Å². The zero-order valence-corrected chi connectivity index (χ0v) is 15.7. The van der Waals surface area contributed by atoms with E-state index in [-0.39, 0.29) is 30.7 Å². The summed E-state index contributed by atoms with van der Waals surface area (Å²) in [6, 6.07) is -1.29. The number of β-amino-alcohol motifs (C(OH)–C–C–N with tert-alkyl or cyclic N) is 1. The molecule has 3 heterocycles. The molecule has 2 unspecified atom stereocenters. The van der Waals surface area contributed by atoms with Crippen LogP contribution in [0.1, 0.15) is 26.3 Å². The number of thiazole rings is 1. The second-order valence-electron chi connectivity index (χ2n) is 6.62. The first kappa shape index (κ1) is 18.5. The number of nitrogens with one attached hydrogen (secondary N) is 1. The average Bonchev–Trinajstić information content (AvgIpc) is 3.33. The standard InChI is InChI=1S/C16H22N6O3S/c1-9(2)13(22-8-11(19-20-22)15-18-4-5-26-15)16(25)21-7-10(23)6-12(21)14(24)17-3/h4-5,8-10,12-13,23H,6-7H2,1-3H3,(H,17,24)/t10?,12?,13-/m1/s1. The lowest BCUT2D eigenvalue weighted by molar-refractivity contribution is -0.142. The summed E-state index contributed by atoms with van der Waals surface area (Å²) in [5.41, 5.74) is 0.600. The Kier molecular flexibility index (Phi) is 5.33. The summed E-state index contributed by atoms with van der Waals surface area (Å²) in [7, 11) is 1.52. The topological polar surface area (TPSA) is 113 Å². The Morgan fingerprint density at radius 2 is 2.19 bits per heavy atom. The molecule has 0 saturated carbocycles. The van der Waals surface area contributed by atoms with E-state index in [4.69, 9.17) is 0 Å². The van der Waals surface area contributed by atoms with Crippen molar-refractivity contribution in [2.75, 3.05) is 13.6 Å². The number of carbonyl (C=O) groups excluding carboxylic acids is 2. The number of carbonyl (C=O) groups is 2. The monoisotopic (exact) mass is 378 g/mol. The molecule has 0 aromatic carbocycles. The van der Waals surface area contributed by atoms with Gasteiger partial charge in [-0.2, -0.15) is 0 Å².